The van der Waals surface area contributed by atoms with E-state index in [9.17, 15) is 9.59 Å². The van der Waals surface area contributed by atoms with Gasteiger partial charge >= 0.3 is 0 Å². The van der Waals surface area contributed by atoms with Gasteiger partial charge < -0.3 is 14.6 Å². The van der Waals surface area contributed by atoms with Crippen molar-refractivity contribution in [3.05, 3.63) is 65.9 Å². The zero-order valence-electron chi connectivity index (χ0n) is 15.6. The number of nitrogens with zero attached hydrogens (tertiary/aromatic N) is 5. The first-order valence-corrected chi connectivity index (χ1v) is 8.61. The van der Waals surface area contributed by atoms with Gasteiger partial charge in [0.2, 0.25) is 5.91 Å². The first-order chi connectivity index (χ1) is 13.5. The van der Waals surface area contributed by atoms with Crippen molar-refractivity contribution in [3.63, 3.8) is 0 Å². The quantitative estimate of drug-likeness (QED) is 0.620. The topological polar surface area (TPSA) is 106 Å². The molecule has 28 heavy (non-hydrogen) atoms. The maximum Gasteiger partial charge on any atom is 0.272 e. The molecule has 1 N–H and O–H groups in total. The number of aryl methyl sites for hydroxylation is 1. The lowest BCUT2D eigenvalue weighted by atomic mass is 10.2. The van der Waals surface area contributed by atoms with E-state index >= 15 is 0 Å². The van der Waals surface area contributed by atoms with Gasteiger partial charge in [-0.2, -0.15) is 4.68 Å². The average molecular weight is 380 g/mol. The lowest BCUT2D eigenvalue weighted by Crippen LogP contribution is -2.39. The van der Waals surface area contributed by atoms with Gasteiger partial charge in [-0.3, -0.25) is 9.59 Å². The van der Waals surface area contributed by atoms with Crippen LogP contribution in [-0.2, 0) is 16.1 Å². The Labute approximate surface area is 161 Å². The normalized spacial score (nSPS) is 11.3. The SMILES string of the molecule is Cc1nnnn1C(=Cc1ccccc1)C(=O)N(C)CC(=O)NCc1ccco1. The van der Waals surface area contributed by atoms with Gasteiger partial charge in [0.05, 0.1) is 19.4 Å². The number of hydrogen-bond donors (Lipinski definition) is 1. The van der Waals surface area contributed by atoms with E-state index in [0.29, 0.717) is 11.6 Å². The van der Waals surface area contributed by atoms with Crippen molar-refractivity contribution in [1.29, 1.82) is 0 Å². The van der Waals surface area contributed by atoms with Crippen LogP contribution in [0.2, 0.25) is 0 Å². The highest BCUT2D eigenvalue weighted by Gasteiger charge is 2.21. The molecule has 0 saturated heterocycles. The zero-order valence-corrected chi connectivity index (χ0v) is 15.6. The van der Waals surface area contributed by atoms with Crippen molar-refractivity contribution in [3.8, 4) is 0 Å². The largest absolute Gasteiger partial charge is 0.467 e. The number of tetrazole rings is 1. The highest BCUT2D eigenvalue weighted by Crippen LogP contribution is 2.14. The van der Waals surface area contributed by atoms with Gasteiger partial charge in [0.25, 0.3) is 5.91 Å². The van der Waals surface area contributed by atoms with Gasteiger partial charge in [-0.1, -0.05) is 30.3 Å². The van der Waals surface area contributed by atoms with E-state index in [1.165, 1.54) is 15.8 Å². The zero-order chi connectivity index (χ0) is 19.9. The monoisotopic (exact) mass is 380 g/mol. The molecule has 0 fully saturated rings. The summed E-state index contributed by atoms with van der Waals surface area (Å²) in [5.74, 6) is 0.412. The van der Waals surface area contributed by atoms with Gasteiger partial charge in [0, 0.05) is 7.05 Å². The summed E-state index contributed by atoms with van der Waals surface area (Å²) < 4.78 is 6.53. The molecule has 0 spiro atoms. The summed E-state index contributed by atoms with van der Waals surface area (Å²) in [6.45, 7) is 1.84. The Morgan fingerprint density at radius 1 is 1.21 bits per heavy atom. The Balaban J connectivity index is 1.74. The summed E-state index contributed by atoms with van der Waals surface area (Å²) >= 11 is 0. The number of rotatable bonds is 7. The number of amides is 2. The minimum atomic E-state index is -0.382. The fourth-order valence-corrected chi connectivity index (χ4v) is 2.51. The fraction of sp³-hybridized carbons (Fsp3) is 0.211. The number of likely N-dealkylation sites (N-methyl/N-ethyl adjacent to an activating group) is 1. The Morgan fingerprint density at radius 3 is 2.64 bits per heavy atom. The number of carbonyl (C=O) groups excluding carboxylic acids is 2. The lowest BCUT2D eigenvalue weighted by Gasteiger charge is -2.18. The Hall–Kier alpha value is -3.75. The summed E-state index contributed by atoms with van der Waals surface area (Å²) in [5, 5.41) is 14.1. The first-order valence-electron chi connectivity index (χ1n) is 8.61. The molecule has 3 rings (SSSR count). The summed E-state index contributed by atoms with van der Waals surface area (Å²) in [6.07, 6.45) is 3.22. The number of furan rings is 1. The molecule has 2 aromatic heterocycles. The van der Waals surface area contributed by atoms with Crippen molar-refractivity contribution in [2.45, 2.75) is 13.5 Å². The van der Waals surface area contributed by atoms with Crippen LogP contribution in [0.25, 0.3) is 11.8 Å². The summed E-state index contributed by atoms with van der Waals surface area (Å²) in [7, 11) is 1.55. The van der Waals surface area contributed by atoms with E-state index in [0.717, 1.165) is 5.56 Å². The Bertz CT molecular complexity index is 963. The number of benzene rings is 1. The Morgan fingerprint density at radius 2 is 2.00 bits per heavy atom. The van der Waals surface area contributed by atoms with Crippen molar-refractivity contribution in [1.82, 2.24) is 30.4 Å². The van der Waals surface area contributed by atoms with Crippen molar-refractivity contribution in [2.24, 2.45) is 0 Å². The maximum absolute atomic E-state index is 13.0. The predicted octanol–water partition coefficient (Wildman–Crippen LogP) is 1.35. The van der Waals surface area contributed by atoms with E-state index < -0.39 is 0 Å². The van der Waals surface area contributed by atoms with Gasteiger partial charge in [-0.15, -0.1) is 5.10 Å². The number of nitrogens with one attached hydrogen (secondary N) is 1. The van der Waals surface area contributed by atoms with E-state index in [2.05, 4.69) is 20.8 Å². The van der Waals surface area contributed by atoms with E-state index in [1.807, 2.05) is 30.3 Å². The molecule has 2 amide bonds. The minimum Gasteiger partial charge on any atom is -0.467 e. The third-order valence-corrected chi connectivity index (χ3v) is 3.94. The van der Waals surface area contributed by atoms with E-state index in [-0.39, 0.29) is 30.6 Å². The molecule has 2 heterocycles. The van der Waals surface area contributed by atoms with Crippen molar-refractivity contribution in [2.75, 3.05) is 13.6 Å². The third-order valence-electron chi connectivity index (χ3n) is 3.94. The van der Waals surface area contributed by atoms with E-state index in [4.69, 9.17) is 4.42 Å². The standard InChI is InChI=1S/C19H20N6O3/c1-14-21-22-23-25(14)17(11-15-7-4-3-5-8-15)19(27)24(2)13-18(26)20-12-16-9-6-10-28-16/h3-11H,12-13H2,1-2H3,(H,20,26). The van der Waals surface area contributed by atoms with Gasteiger partial charge in [-0.05, 0) is 41.1 Å². The minimum absolute atomic E-state index is 0.118. The molecule has 0 bridgehead atoms. The molecule has 3 aromatic rings. The average Bonchev–Trinajstić information content (AvgIpc) is 3.36. The maximum atomic E-state index is 13.0. The van der Waals surface area contributed by atoms with Crippen LogP contribution in [0, 0.1) is 6.92 Å². The summed E-state index contributed by atoms with van der Waals surface area (Å²) in [6, 6.07) is 12.9. The number of aromatic nitrogens is 4. The predicted molar refractivity (Wildman–Crippen MR) is 101 cm³/mol. The van der Waals surface area contributed by atoms with Crippen LogP contribution < -0.4 is 5.32 Å². The Kier molecular flexibility index (Phi) is 5.95. The molecule has 0 unspecified atom stereocenters. The molecular weight excluding hydrogens is 360 g/mol. The fourth-order valence-electron chi connectivity index (χ4n) is 2.51. The molecule has 144 valence electrons. The van der Waals surface area contributed by atoms with E-state index in [1.54, 1.807) is 32.2 Å². The second-order valence-electron chi connectivity index (χ2n) is 6.10. The highest BCUT2D eigenvalue weighted by atomic mass is 16.3. The van der Waals surface area contributed by atoms with Crippen LogP contribution >= 0.6 is 0 Å². The first kappa shape index (κ1) is 19.0. The number of hydrogen-bond acceptors (Lipinski definition) is 6. The second kappa shape index (κ2) is 8.76. The van der Waals surface area contributed by atoms with Crippen molar-refractivity contribution < 1.29 is 14.0 Å². The molecule has 9 nitrogen and oxygen atoms in total. The molecule has 1 aromatic carbocycles. The van der Waals surface area contributed by atoms with Crippen LogP contribution in [0.3, 0.4) is 0 Å². The molecule has 0 radical (unpaired) electrons. The lowest BCUT2D eigenvalue weighted by molar-refractivity contribution is -0.130. The van der Waals surface area contributed by atoms with Gasteiger partial charge in [-0.25, -0.2) is 0 Å². The van der Waals surface area contributed by atoms with Crippen LogP contribution in [0.4, 0.5) is 0 Å². The third kappa shape index (κ3) is 4.70. The van der Waals surface area contributed by atoms with Crippen LogP contribution in [-0.4, -0.2) is 50.5 Å². The molecule has 0 aliphatic carbocycles. The van der Waals surface area contributed by atoms with Crippen LogP contribution in [0.1, 0.15) is 17.1 Å². The molecular formula is C19H20N6O3. The van der Waals surface area contributed by atoms with Crippen molar-refractivity contribution >= 4 is 23.6 Å². The van der Waals surface area contributed by atoms with Gasteiger partial charge in [0.1, 0.15) is 11.5 Å². The second-order valence-corrected chi connectivity index (χ2v) is 6.10. The number of carbonyl (C=O) groups is 2. The molecule has 0 saturated carbocycles. The van der Waals surface area contributed by atoms with Crippen LogP contribution in [0.5, 0.6) is 0 Å². The summed E-state index contributed by atoms with van der Waals surface area (Å²) in [5.41, 5.74) is 1.06. The molecule has 0 aliphatic rings. The van der Waals surface area contributed by atoms with Gasteiger partial charge in [0.15, 0.2) is 5.82 Å². The summed E-state index contributed by atoms with van der Waals surface area (Å²) in [4.78, 5) is 26.5. The molecule has 9 heteroatoms. The van der Waals surface area contributed by atoms with Crippen LogP contribution in [0.15, 0.2) is 53.1 Å². The smallest absolute Gasteiger partial charge is 0.272 e. The molecule has 0 aliphatic heterocycles. The molecule has 0 atom stereocenters. The highest BCUT2D eigenvalue weighted by molar-refractivity contribution is 6.18.